The Balaban J connectivity index is 1.43. The third kappa shape index (κ3) is 5.05. The molecular weight excluding hydrogens is 487 g/mol. The summed E-state index contributed by atoms with van der Waals surface area (Å²) >= 11 is 5.87. The second-order valence-electron chi connectivity index (χ2n) is 8.04. The number of phosphoric acid groups is 1. The molecule has 2 saturated heterocycles. The van der Waals surface area contributed by atoms with E-state index in [0.29, 0.717) is 5.56 Å². The van der Waals surface area contributed by atoms with Crippen LogP contribution in [0.3, 0.4) is 0 Å². The molecule has 13 heteroatoms. The van der Waals surface area contributed by atoms with E-state index in [-0.39, 0.29) is 18.1 Å². The van der Waals surface area contributed by atoms with E-state index in [1.807, 2.05) is 0 Å². The van der Waals surface area contributed by atoms with Crippen LogP contribution in [0.15, 0.2) is 30.5 Å². The number of rotatable bonds is 5. The number of ketones is 1. The van der Waals surface area contributed by atoms with Crippen LogP contribution < -0.4 is 0 Å². The van der Waals surface area contributed by atoms with Crippen molar-refractivity contribution in [1.82, 2.24) is 4.90 Å². The van der Waals surface area contributed by atoms with Crippen molar-refractivity contribution in [2.45, 2.75) is 50.0 Å². The minimum atomic E-state index is -4.18. The van der Waals surface area contributed by atoms with E-state index in [2.05, 4.69) is 0 Å². The maximum absolute atomic E-state index is 15.3. The molecule has 0 aromatic heterocycles. The van der Waals surface area contributed by atoms with Crippen LogP contribution >= 0.6 is 19.4 Å². The number of aliphatic hydroxyl groups is 1. The van der Waals surface area contributed by atoms with Crippen molar-refractivity contribution in [3.05, 3.63) is 46.9 Å². The fourth-order valence-corrected chi connectivity index (χ4v) is 5.46. The van der Waals surface area contributed by atoms with Gasteiger partial charge in [-0.05, 0) is 36.8 Å². The number of nitrogens with zero attached hydrogens (tertiary/aromatic N) is 1. The SMILES string of the molecule is C[C@@]1(F)[C@H](O)[C@@H](CO[P@@]2(=O)OCC[C@H](c3cc(F)cc(Cl)c3)O2)O[C@H]1N1C=CC(=O)CC1=O. The number of allylic oxidation sites excluding steroid dienone is 1. The van der Waals surface area contributed by atoms with Crippen LogP contribution in [-0.4, -0.2) is 59.0 Å². The first kappa shape index (κ1) is 24.4. The highest BCUT2D eigenvalue weighted by atomic mass is 35.5. The van der Waals surface area contributed by atoms with E-state index in [0.717, 1.165) is 30.2 Å². The largest absolute Gasteiger partial charge is 0.475 e. The van der Waals surface area contributed by atoms with E-state index in [4.69, 9.17) is 29.9 Å². The Kier molecular flexibility index (Phi) is 6.76. The van der Waals surface area contributed by atoms with Gasteiger partial charge in [0.15, 0.2) is 17.7 Å². The van der Waals surface area contributed by atoms with Gasteiger partial charge < -0.3 is 9.84 Å². The molecule has 9 nitrogen and oxygen atoms in total. The quantitative estimate of drug-likeness (QED) is 0.478. The molecule has 33 heavy (non-hydrogen) atoms. The zero-order chi connectivity index (χ0) is 24.0. The number of aliphatic hydroxyl groups excluding tert-OH is 1. The summed E-state index contributed by atoms with van der Waals surface area (Å²) in [5.74, 6) is -1.72. The van der Waals surface area contributed by atoms with Gasteiger partial charge in [0.25, 0.3) is 0 Å². The molecule has 1 N–H and O–H groups in total. The lowest BCUT2D eigenvalue weighted by molar-refractivity contribution is -0.151. The standard InChI is InChI=1S/C20H21ClF2NO8P/c1-20(23)18(27)16(31-19(20)24-4-2-14(25)9-17(24)26)10-30-33(28)29-5-3-15(32-33)11-6-12(21)8-13(22)7-11/h2,4,6-8,15-16,18-19,27H,3,5,9-10H2,1H3/t15-,16-,18-,19-,20-,33-/m1/s1. The van der Waals surface area contributed by atoms with Crippen molar-refractivity contribution in [3.8, 4) is 0 Å². The van der Waals surface area contributed by atoms with Crippen LogP contribution in [0.2, 0.25) is 5.02 Å². The van der Waals surface area contributed by atoms with Crippen molar-refractivity contribution >= 4 is 31.1 Å². The lowest BCUT2D eigenvalue weighted by atomic mass is 9.97. The van der Waals surface area contributed by atoms with Crippen LogP contribution in [0, 0.1) is 5.82 Å². The zero-order valence-corrected chi connectivity index (χ0v) is 19.0. The molecule has 180 valence electrons. The van der Waals surface area contributed by atoms with Crippen LogP contribution in [0.25, 0.3) is 0 Å². The summed E-state index contributed by atoms with van der Waals surface area (Å²) in [4.78, 5) is 24.4. The van der Waals surface area contributed by atoms with Crippen molar-refractivity contribution in [2.24, 2.45) is 0 Å². The Morgan fingerprint density at radius 1 is 1.36 bits per heavy atom. The Hall–Kier alpha value is -1.72. The van der Waals surface area contributed by atoms with Gasteiger partial charge in [-0.3, -0.25) is 28.1 Å². The van der Waals surface area contributed by atoms with Gasteiger partial charge in [0.1, 0.15) is 18.0 Å². The van der Waals surface area contributed by atoms with Crippen molar-refractivity contribution in [1.29, 1.82) is 0 Å². The number of hydrogen-bond donors (Lipinski definition) is 1. The number of ether oxygens (including phenoxy) is 1. The molecule has 0 unspecified atom stereocenters. The summed E-state index contributed by atoms with van der Waals surface area (Å²) in [6.07, 6.45) is -3.45. The number of alkyl halides is 1. The molecule has 0 spiro atoms. The number of carbonyl (C=O) groups is 2. The average Bonchev–Trinajstić information content (AvgIpc) is 2.95. The second-order valence-corrected chi connectivity index (χ2v) is 10.1. The van der Waals surface area contributed by atoms with Crippen LogP contribution in [0.5, 0.6) is 0 Å². The van der Waals surface area contributed by atoms with E-state index in [1.165, 1.54) is 12.1 Å². The first-order valence-electron chi connectivity index (χ1n) is 10.1. The highest BCUT2D eigenvalue weighted by Gasteiger charge is 2.57. The van der Waals surface area contributed by atoms with Gasteiger partial charge in [0.2, 0.25) is 5.91 Å². The summed E-state index contributed by atoms with van der Waals surface area (Å²) in [7, 11) is -4.18. The maximum atomic E-state index is 15.3. The first-order chi connectivity index (χ1) is 15.5. The number of benzene rings is 1. The molecule has 3 aliphatic heterocycles. The lowest BCUT2D eigenvalue weighted by Crippen LogP contribution is -2.51. The lowest BCUT2D eigenvalue weighted by Gasteiger charge is -2.32. The predicted molar refractivity (Wildman–Crippen MR) is 109 cm³/mol. The van der Waals surface area contributed by atoms with Crippen LogP contribution in [0.4, 0.5) is 8.78 Å². The molecule has 3 heterocycles. The topological polar surface area (TPSA) is 112 Å². The molecule has 1 aromatic rings. The molecule has 3 aliphatic rings. The number of hydrogen-bond acceptors (Lipinski definition) is 8. The Bertz CT molecular complexity index is 1020. The molecule has 0 bridgehead atoms. The van der Waals surface area contributed by atoms with Crippen molar-refractivity contribution in [2.75, 3.05) is 13.2 Å². The number of halogens is 3. The Labute approximate surface area is 192 Å². The Morgan fingerprint density at radius 3 is 2.82 bits per heavy atom. The molecule has 4 rings (SSSR count). The third-order valence-electron chi connectivity index (χ3n) is 5.54. The summed E-state index contributed by atoms with van der Waals surface area (Å²) in [5, 5.41) is 10.6. The first-order valence-corrected chi connectivity index (χ1v) is 11.9. The summed E-state index contributed by atoms with van der Waals surface area (Å²) in [6, 6.07) is 3.76. The van der Waals surface area contributed by atoms with E-state index < -0.39 is 68.6 Å². The van der Waals surface area contributed by atoms with Gasteiger partial charge >= 0.3 is 7.82 Å². The van der Waals surface area contributed by atoms with Crippen molar-refractivity contribution in [3.63, 3.8) is 0 Å². The molecule has 1 amide bonds. The number of carbonyl (C=O) groups excluding carboxylic acids is 2. The van der Waals surface area contributed by atoms with Crippen LogP contribution in [-0.2, 0) is 32.5 Å². The monoisotopic (exact) mass is 507 g/mol. The summed E-state index contributed by atoms with van der Waals surface area (Å²) in [5.41, 5.74) is -2.08. The number of phosphoric ester groups is 1. The molecule has 6 atom stereocenters. The highest BCUT2D eigenvalue weighted by molar-refractivity contribution is 7.48. The summed E-state index contributed by atoms with van der Waals surface area (Å²) < 4.78 is 63.2. The third-order valence-corrected chi connectivity index (χ3v) is 7.24. The van der Waals surface area contributed by atoms with Gasteiger partial charge in [-0.1, -0.05) is 11.6 Å². The smallest absolute Gasteiger partial charge is 0.387 e. The van der Waals surface area contributed by atoms with E-state index in [1.54, 1.807) is 0 Å². The average molecular weight is 508 g/mol. The maximum Gasteiger partial charge on any atom is 0.475 e. The normalized spacial score (nSPS) is 37.1. The molecule has 0 radical (unpaired) electrons. The van der Waals surface area contributed by atoms with Gasteiger partial charge in [-0.2, -0.15) is 0 Å². The van der Waals surface area contributed by atoms with E-state index in [9.17, 15) is 23.7 Å². The molecule has 2 fully saturated rings. The van der Waals surface area contributed by atoms with Gasteiger partial charge in [0.05, 0.1) is 25.7 Å². The fourth-order valence-electron chi connectivity index (χ4n) is 3.84. The molecular formula is C20H21ClF2NO8P. The van der Waals surface area contributed by atoms with Gasteiger partial charge in [0, 0.05) is 17.6 Å². The molecule has 1 aromatic carbocycles. The minimum absolute atomic E-state index is 0.0330. The predicted octanol–water partition coefficient (Wildman–Crippen LogP) is 3.21. The highest BCUT2D eigenvalue weighted by Crippen LogP contribution is 2.57. The van der Waals surface area contributed by atoms with Crippen LogP contribution in [0.1, 0.15) is 31.4 Å². The van der Waals surface area contributed by atoms with Crippen molar-refractivity contribution < 1.29 is 46.3 Å². The zero-order valence-electron chi connectivity index (χ0n) is 17.4. The second kappa shape index (κ2) is 9.14. The van der Waals surface area contributed by atoms with Gasteiger partial charge in [-0.15, -0.1) is 0 Å². The molecule has 0 saturated carbocycles. The number of amides is 1. The Morgan fingerprint density at radius 2 is 2.12 bits per heavy atom. The van der Waals surface area contributed by atoms with E-state index >= 15 is 4.39 Å². The fraction of sp³-hybridized carbons (Fsp3) is 0.500. The van der Waals surface area contributed by atoms with Gasteiger partial charge in [-0.25, -0.2) is 13.3 Å². The summed E-state index contributed by atoms with van der Waals surface area (Å²) in [6.45, 7) is 0.420. The minimum Gasteiger partial charge on any atom is -0.387 e. The molecule has 0 aliphatic carbocycles.